The van der Waals surface area contributed by atoms with Crippen LogP contribution in [0, 0.1) is 5.92 Å². The van der Waals surface area contributed by atoms with Crippen molar-refractivity contribution in [1.29, 1.82) is 0 Å². The number of aliphatic hydroxyl groups excluding tert-OH is 1. The maximum absolute atomic E-state index is 9.60. The molecule has 0 radical (unpaired) electrons. The average molecular weight is 243 g/mol. The molecule has 0 unspecified atom stereocenters. The Balaban J connectivity index is 2.35. The van der Waals surface area contributed by atoms with Gasteiger partial charge in [-0.25, -0.2) is 0 Å². The van der Waals surface area contributed by atoms with E-state index in [-0.39, 0.29) is 6.10 Å². The van der Waals surface area contributed by atoms with E-state index in [4.69, 9.17) is 0 Å². The van der Waals surface area contributed by atoms with Crippen LogP contribution in [0.1, 0.15) is 13.8 Å². The van der Waals surface area contributed by atoms with Crippen molar-refractivity contribution in [2.45, 2.75) is 25.3 Å². The van der Waals surface area contributed by atoms with Crippen molar-refractivity contribution >= 4 is 19.4 Å². The molecule has 0 aromatic heterocycles. The molecule has 0 bridgehead atoms. The van der Waals surface area contributed by atoms with Crippen LogP contribution in [0.15, 0.2) is 30.3 Å². The first kappa shape index (κ1) is 10.8. The summed E-state index contributed by atoms with van der Waals surface area (Å²) in [5, 5.41) is 10.5. The molecule has 0 spiro atoms. The van der Waals surface area contributed by atoms with Crippen molar-refractivity contribution in [2.24, 2.45) is 5.92 Å². The van der Waals surface area contributed by atoms with Crippen LogP contribution in [0.4, 0.5) is 0 Å². The predicted molar refractivity (Wildman–Crippen MR) is 57.5 cm³/mol. The summed E-state index contributed by atoms with van der Waals surface area (Å²) < 4.78 is 1.37. The molecule has 13 heavy (non-hydrogen) atoms. The molecular weight excluding hydrogens is 227 g/mol. The molecule has 1 atom stereocenters. The third kappa shape index (κ3) is 3.95. The SMILES string of the molecule is CC(C)[C@H](O)C[Se]c1ccccc1. The van der Waals surface area contributed by atoms with Crippen molar-refractivity contribution in [3.63, 3.8) is 0 Å². The zero-order valence-electron chi connectivity index (χ0n) is 8.10. The second kappa shape index (κ2) is 5.43. The summed E-state index contributed by atoms with van der Waals surface area (Å²) >= 11 is 0.422. The van der Waals surface area contributed by atoms with Crippen LogP contribution in [0.2, 0.25) is 5.32 Å². The number of hydrogen-bond acceptors (Lipinski definition) is 1. The van der Waals surface area contributed by atoms with E-state index < -0.39 is 0 Å². The van der Waals surface area contributed by atoms with E-state index in [1.165, 1.54) is 4.46 Å². The fraction of sp³-hybridized carbons (Fsp3) is 0.455. The van der Waals surface area contributed by atoms with Crippen LogP contribution in [0.5, 0.6) is 0 Å². The molecule has 0 fully saturated rings. The number of benzene rings is 1. The Morgan fingerprint density at radius 1 is 1.23 bits per heavy atom. The molecule has 2 heteroatoms. The van der Waals surface area contributed by atoms with Crippen LogP contribution in [-0.2, 0) is 0 Å². The third-order valence-corrected chi connectivity index (χ3v) is 4.27. The summed E-state index contributed by atoms with van der Waals surface area (Å²) in [5.41, 5.74) is 0. The second-order valence-electron chi connectivity index (χ2n) is 3.44. The van der Waals surface area contributed by atoms with Gasteiger partial charge in [-0.1, -0.05) is 0 Å². The minimum absolute atomic E-state index is 0.139. The fourth-order valence-corrected chi connectivity index (χ4v) is 3.19. The Labute approximate surface area is 86.3 Å². The Kier molecular flexibility index (Phi) is 4.51. The van der Waals surface area contributed by atoms with E-state index >= 15 is 0 Å². The van der Waals surface area contributed by atoms with Crippen LogP contribution >= 0.6 is 0 Å². The van der Waals surface area contributed by atoms with E-state index in [9.17, 15) is 5.11 Å². The van der Waals surface area contributed by atoms with Gasteiger partial charge in [0.05, 0.1) is 0 Å². The van der Waals surface area contributed by atoms with Gasteiger partial charge in [-0.2, -0.15) is 0 Å². The molecule has 1 nitrogen and oxygen atoms in total. The van der Waals surface area contributed by atoms with E-state index in [2.05, 4.69) is 38.1 Å². The van der Waals surface area contributed by atoms with Crippen LogP contribution < -0.4 is 4.46 Å². The minimum atomic E-state index is -0.139. The van der Waals surface area contributed by atoms with Crippen molar-refractivity contribution in [2.75, 3.05) is 0 Å². The first-order valence-electron chi connectivity index (χ1n) is 4.56. The monoisotopic (exact) mass is 244 g/mol. The zero-order valence-corrected chi connectivity index (χ0v) is 9.82. The van der Waals surface area contributed by atoms with Gasteiger partial charge in [-0.15, -0.1) is 0 Å². The van der Waals surface area contributed by atoms with Gasteiger partial charge in [-0.3, -0.25) is 0 Å². The van der Waals surface area contributed by atoms with Crippen LogP contribution in [0.3, 0.4) is 0 Å². The van der Waals surface area contributed by atoms with Gasteiger partial charge in [0.15, 0.2) is 0 Å². The Morgan fingerprint density at radius 3 is 2.38 bits per heavy atom. The summed E-state index contributed by atoms with van der Waals surface area (Å²) in [5.74, 6) is 0.380. The summed E-state index contributed by atoms with van der Waals surface area (Å²) in [6.07, 6.45) is -0.139. The predicted octanol–water partition coefficient (Wildman–Crippen LogP) is 1.45. The average Bonchev–Trinajstić information content (AvgIpc) is 2.15. The van der Waals surface area contributed by atoms with E-state index in [0.29, 0.717) is 20.9 Å². The number of rotatable bonds is 4. The van der Waals surface area contributed by atoms with E-state index in [1.54, 1.807) is 0 Å². The summed E-state index contributed by atoms with van der Waals surface area (Å²) in [4.78, 5) is 0. The van der Waals surface area contributed by atoms with Gasteiger partial charge in [0.25, 0.3) is 0 Å². The molecular formula is C11H16OSe. The molecule has 1 aromatic carbocycles. The zero-order chi connectivity index (χ0) is 9.68. The number of aliphatic hydroxyl groups is 1. The van der Waals surface area contributed by atoms with Gasteiger partial charge in [0.2, 0.25) is 0 Å². The molecule has 0 heterocycles. The summed E-state index contributed by atoms with van der Waals surface area (Å²) in [7, 11) is 0. The molecule has 72 valence electrons. The fourth-order valence-electron chi connectivity index (χ4n) is 0.891. The topological polar surface area (TPSA) is 20.2 Å². The molecule has 1 N–H and O–H groups in total. The van der Waals surface area contributed by atoms with Gasteiger partial charge >= 0.3 is 86.0 Å². The quantitative estimate of drug-likeness (QED) is 0.794. The Hall–Kier alpha value is -0.301. The van der Waals surface area contributed by atoms with Crippen molar-refractivity contribution < 1.29 is 5.11 Å². The Morgan fingerprint density at radius 2 is 1.85 bits per heavy atom. The molecule has 0 aliphatic heterocycles. The molecule has 0 aliphatic carbocycles. The van der Waals surface area contributed by atoms with E-state index in [1.807, 2.05) is 6.07 Å². The molecule has 0 saturated carbocycles. The molecule has 1 aromatic rings. The first-order chi connectivity index (χ1) is 6.20. The third-order valence-electron chi connectivity index (χ3n) is 1.93. The van der Waals surface area contributed by atoms with Crippen LogP contribution in [0.25, 0.3) is 0 Å². The van der Waals surface area contributed by atoms with Gasteiger partial charge < -0.3 is 0 Å². The second-order valence-corrected chi connectivity index (χ2v) is 5.73. The standard InChI is InChI=1S/C11H16OSe/c1-9(2)11(12)8-13-10-6-4-3-5-7-10/h3-7,9,11-12H,8H2,1-2H3/t11-/m1/s1. The summed E-state index contributed by atoms with van der Waals surface area (Å²) in [6.45, 7) is 4.12. The first-order valence-corrected chi connectivity index (χ1v) is 6.63. The van der Waals surface area contributed by atoms with Crippen molar-refractivity contribution in [3.05, 3.63) is 30.3 Å². The van der Waals surface area contributed by atoms with E-state index in [0.717, 1.165) is 5.32 Å². The molecule has 1 rings (SSSR count). The van der Waals surface area contributed by atoms with Gasteiger partial charge in [0, 0.05) is 0 Å². The van der Waals surface area contributed by atoms with Gasteiger partial charge in [-0.05, 0) is 0 Å². The number of hydrogen-bond donors (Lipinski definition) is 1. The molecule has 0 aliphatic rings. The summed E-state index contributed by atoms with van der Waals surface area (Å²) in [6, 6.07) is 10.4. The van der Waals surface area contributed by atoms with Gasteiger partial charge in [0.1, 0.15) is 0 Å². The van der Waals surface area contributed by atoms with Crippen molar-refractivity contribution in [3.8, 4) is 0 Å². The molecule has 0 amide bonds. The maximum atomic E-state index is 9.60. The Bertz CT molecular complexity index is 233. The van der Waals surface area contributed by atoms with Crippen LogP contribution in [-0.4, -0.2) is 26.2 Å². The normalized spacial score (nSPS) is 13.2. The van der Waals surface area contributed by atoms with Crippen molar-refractivity contribution in [1.82, 2.24) is 0 Å². The molecule has 0 saturated heterocycles.